The van der Waals surface area contributed by atoms with E-state index in [9.17, 15) is 4.79 Å². The smallest absolute Gasteiger partial charge is 0.237 e. The molecule has 0 bridgehead atoms. The van der Waals surface area contributed by atoms with E-state index in [0.29, 0.717) is 0 Å². The lowest BCUT2D eigenvalue weighted by atomic mass is 10.1. The number of aromatic nitrogens is 1. The number of nitrogens with one attached hydrogen (secondary N) is 2. The van der Waals surface area contributed by atoms with E-state index in [2.05, 4.69) is 15.6 Å². The highest BCUT2D eigenvalue weighted by Gasteiger charge is 2.23. The minimum atomic E-state index is -0.0147. The van der Waals surface area contributed by atoms with Crippen molar-refractivity contribution in [2.75, 3.05) is 6.54 Å². The predicted molar refractivity (Wildman–Crippen MR) is 76.3 cm³/mol. The molecule has 1 aliphatic heterocycles. The van der Waals surface area contributed by atoms with Crippen LogP contribution in [0.5, 0.6) is 0 Å². The fourth-order valence-corrected chi connectivity index (χ4v) is 1.94. The lowest BCUT2D eigenvalue weighted by Gasteiger charge is -2.17. The van der Waals surface area contributed by atoms with Crippen LogP contribution >= 0.6 is 24.8 Å². The van der Waals surface area contributed by atoms with Gasteiger partial charge in [-0.25, -0.2) is 0 Å². The van der Waals surface area contributed by atoms with Gasteiger partial charge in [-0.05, 0) is 37.9 Å². The summed E-state index contributed by atoms with van der Waals surface area (Å²) in [5.41, 5.74) is 1.04. The average molecular weight is 292 g/mol. The highest BCUT2D eigenvalue weighted by molar-refractivity contribution is 5.85. The van der Waals surface area contributed by atoms with Crippen LogP contribution in [0, 0.1) is 0 Å². The lowest BCUT2D eigenvalue weighted by Crippen LogP contribution is -2.41. The van der Waals surface area contributed by atoms with E-state index >= 15 is 0 Å². The number of carbonyl (C=O) groups excluding carboxylic acids is 1. The van der Waals surface area contributed by atoms with E-state index in [4.69, 9.17) is 0 Å². The monoisotopic (exact) mass is 291 g/mol. The maximum absolute atomic E-state index is 11.8. The van der Waals surface area contributed by atoms with Gasteiger partial charge in [-0.15, -0.1) is 24.8 Å². The number of pyridine rings is 1. The molecule has 4 nitrogen and oxygen atoms in total. The summed E-state index contributed by atoms with van der Waals surface area (Å²) in [5.74, 6) is 0.0915. The normalized spacial score (nSPS) is 19.3. The zero-order valence-electron chi connectivity index (χ0n) is 10.3. The Morgan fingerprint density at radius 2 is 2.33 bits per heavy atom. The molecule has 18 heavy (non-hydrogen) atoms. The predicted octanol–water partition coefficient (Wildman–Crippen LogP) is 1.85. The maximum atomic E-state index is 11.8. The first-order valence-corrected chi connectivity index (χ1v) is 5.71. The molecule has 6 heteroatoms. The van der Waals surface area contributed by atoms with Crippen LogP contribution in [-0.2, 0) is 4.79 Å². The molecule has 2 atom stereocenters. The number of hydrogen-bond acceptors (Lipinski definition) is 3. The highest BCUT2D eigenvalue weighted by atomic mass is 35.5. The fraction of sp³-hybridized carbons (Fsp3) is 0.500. The van der Waals surface area contributed by atoms with E-state index in [1.54, 1.807) is 12.4 Å². The second-order valence-electron chi connectivity index (χ2n) is 4.17. The molecule has 1 aliphatic rings. The Balaban J connectivity index is 0.00000144. The molecule has 0 aliphatic carbocycles. The summed E-state index contributed by atoms with van der Waals surface area (Å²) < 4.78 is 0. The summed E-state index contributed by atoms with van der Waals surface area (Å²) in [5, 5.41) is 6.18. The molecule has 1 fully saturated rings. The topological polar surface area (TPSA) is 54.0 Å². The summed E-state index contributed by atoms with van der Waals surface area (Å²) in [7, 11) is 0. The van der Waals surface area contributed by atoms with Gasteiger partial charge >= 0.3 is 0 Å². The van der Waals surface area contributed by atoms with Crippen molar-refractivity contribution in [3.8, 4) is 0 Å². The molecule has 1 aromatic heterocycles. The van der Waals surface area contributed by atoms with Gasteiger partial charge in [-0.3, -0.25) is 9.78 Å². The van der Waals surface area contributed by atoms with E-state index in [1.165, 1.54) is 0 Å². The van der Waals surface area contributed by atoms with Crippen molar-refractivity contribution in [3.63, 3.8) is 0 Å². The van der Waals surface area contributed by atoms with Gasteiger partial charge in [0.2, 0.25) is 5.91 Å². The van der Waals surface area contributed by atoms with Gasteiger partial charge in [0.1, 0.15) is 0 Å². The summed E-state index contributed by atoms with van der Waals surface area (Å²) in [6.07, 6.45) is 5.54. The molecular formula is C12H19Cl2N3O. The van der Waals surface area contributed by atoms with Crippen molar-refractivity contribution < 1.29 is 4.79 Å². The Hall–Kier alpha value is -0.840. The quantitative estimate of drug-likeness (QED) is 0.894. The number of amides is 1. The van der Waals surface area contributed by atoms with Gasteiger partial charge in [0.05, 0.1) is 12.1 Å². The van der Waals surface area contributed by atoms with Crippen LogP contribution in [0.1, 0.15) is 31.4 Å². The van der Waals surface area contributed by atoms with Crippen molar-refractivity contribution in [2.24, 2.45) is 0 Å². The summed E-state index contributed by atoms with van der Waals surface area (Å²) in [6.45, 7) is 2.92. The van der Waals surface area contributed by atoms with Crippen LogP contribution in [0.4, 0.5) is 0 Å². The largest absolute Gasteiger partial charge is 0.348 e. The van der Waals surface area contributed by atoms with Crippen LogP contribution in [0.25, 0.3) is 0 Å². The Morgan fingerprint density at radius 3 is 2.89 bits per heavy atom. The van der Waals surface area contributed by atoms with Crippen molar-refractivity contribution >= 4 is 30.7 Å². The fourth-order valence-electron chi connectivity index (χ4n) is 1.94. The van der Waals surface area contributed by atoms with Crippen molar-refractivity contribution in [3.05, 3.63) is 30.1 Å². The van der Waals surface area contributed by atoms with E-state index < -0.39 is 0 Å². The molecule has 2 heterocycles. The van der Waals surface area contributed by atoms with E-state index in [-0.39, 0.29) is 42.8 Å². The SMILES string of the molecule is C[C@H](NC(=O)[C@@H]1CCCN1)c1cccnc1.Cl.Cl. The number of halogens is 2. The molecule has 1 aromatic rings. The van der Waals surface area contributed by atoms with Gasteiger partial charge in [-0.1, -0.05) is 6.07 Å². The van der Waals surface area contributed by atoms with Crippen LogP contribution in [-0.4, -0.2) is 23.5 Å². The number of carbonyl (C=O) groups is 1. The van der Waals surface area contributed by atoms with Crippen molar-refractivity contribution in [1.29, 1.82) is 0 Å². The van der Waals surface area contributed by atoms with Gasteiger partial charge in [0.25, 0.3) is 0 Å². The second kappa shape index (κ2) is 8.29. The Labute approximate surface area is 120 Å². The first-order chi connectivity index (χ1) is 7.77. The molecule has 0 aromatic carbocycles. The van der Waals surface area contributed by atoms with Crippen LogP contribution < -0.4 is 10.6 Å². The Kier molecular flexibility index (Phi) is 7.91. The first-order valence-electron chi connectivity index (χ1n) is 5.71. The summed E-state index contributed by atoms with van der Waals surface area (Å²) in [4.78, 5) is 15.9. The van der Waals surface area contributed by atoms with Gasteiger partial charge in [0.15, 0.2) is 0 Å². The molecule has 0 unspecified atom stereocenters. The molecular weight excluding hydrogens is 273 g/mol. The zero-order chi connectivity index (χ0) is 11.4. The van der Waals surface area contributed by atoms with Gasteiger partial charge < -0.3 is 10.6 Å². The van der Waals surface area contributed by atoms with Gasteiger partial charge in [-0.2, -0.15) is 0 Å². The molecule has 2 rings (SSSR count). The summed E-state index contributed by atoms with van der Waals surface area (Å²) in [6, 6.07) is 3.86. The van der Waals surface area contributed by atoms with Crippen LogP contribution in [0.15, 0.2) is 24.5 Å². The molecule has 0 spiro atoms. The van der Waals surface area contributed by atoms with Crippen molar-refractivity contribution in [2.45, 2.75) is 31.8 Å². The molecule has 2 N–H and O–H groups in total. The minimum Gasteiger partial charge on any atom is -0.348 e. The first kappa shape index (κ1) is 17.2. The van der Waals surface area contributed by atoms with Crippen LogP contribution in [0.2, 0.25) is 0 Å². The summed E-state index contributed by atoms with van der Waals surface area (Å²) >= 11 is 0. The second-order valence-corrected chi connectivity index (χ2v) is 4.17. The standard InChI is InChI=1S/C12H17N3O.2ClH/c1-9(10-4-2-6-13-8-10)15-12(16)11-5-3-7-14-11;;/h2,4,6,8-9,11,14H,3,5,7H2,1H3,(H,15,16);2*1H/t9-,11-;;/m0../s1. The van der Waals surface area contributed by atoms with Crippen molar-refractivity contribution in [1.82, 2.24) is 15.6 Å². The minimum absolute atomic E-state index is 0. The average Bonchev–Trinajstić information content (AvgIpc) is 2.83. The molecule has 0 saturated carbocycles. The van der Waals surface area contributed by atoms with E-state index in [0.717, 1.165) is 24.9 Å². The third kappa shape index (κ3) is 4.44. The zero-order valence-corrected chi connectivity index (χ0v) is 11.9. The van der Waals surface area contributed by atoms with Gasteiger partial charge in [0, 0.05) is 12.4 Å². The highest BCUT2D eigenvalue weighted by Crippen LogP contribution is 2.12. The molecule has 0 radical (unpaired) electrons. The third-order valence-electron chi connectivity index (χ3n) is 2.92. The van der Waals surface area contributed by atoms with Crippen LogP contribution in [0.3, 0.4) is 0 Å². The Morgan fingerprint density at radius 1 is 1.56 bits per heavy atom. The third-order valence-corrected chi connectivity index (χ3v) is 2.92. The lowest BCUT2D eigenvalue weighted by molar-refractivity contribution is -0.123. The number of rotatable bonds is 3. The number of hydrogen-bond donors (Lipinski definition) is 2. The molecule has 102 valence electrons. The maximum Gasteiger partial charge on any atom is 0.237 e. The number of nitrogens with zero attached hydrogens (tertiary/aromatic N) is 1. The molecule has 1 amide bonds. The Bertz CT molecular complexity index is 356. The van der Waals surface area contributed by atoms with E-state index in [1.807, 2.05) is 19.1 Å². The molecule has 1 saturated heterocycles.